The average Bonchev–Trinajstić information content (AvgIpc) is 4.01. The fraction of sp³-hybridized carbons (Fsp3) is 0.409. The Bertz CT molecular complexity index is 2740. The van der Waals surface area contributed by atoms with Crippen LogP contribution in [0.15, 0.2) is 66.0 Å². The average molecular weight is 868 g/mol. The third-order valence-corrected chi connectivity index (χ3v) is 13.4. The quantitative estimate of drug-likeness (QED) is 0.181. The number of amides is 5. The lowest BCUT2D eigenvalue weighted by Crippen LogP contribution is -2.59. The number of tetrazole rings is 1. The van der Waals surface area contributed by atoms with Crippen LogP contribution < -0.4 is 25.3 Å². The number of imide groups is 2. The van der Waals surface area contributed by atoms with Crippen LogP contribution in [0, 0.1) is 0 Å². The summed E-state index contributed by atoms with van der Waals surface area (Å²) in [5.74, 6) is -0.737. The number of aromatic nitrogens is 7. The van der Waals surface area contributed by atoms with Gasteiger partial charge < -0.3 is 20.0 Å². The molecule has 20 heteroatoms. The monoisotopic (exact) mass is 867 g/mol. The number of aromatic amines is 1. The molecular weight excluding hydrogens is 819 g/mol. The molecule has 0 radical (unpaired) electrons. The van der Waals surface area contributed by atoms with E-state index in [1.165, 1.54) is 0 Å². The van der Waals surface area contributed by atoms with Crippen LogP contribution in [0.1, 0.15) is 54.3 Å². The minimum Gasteiger partial charge on any atom is -0.369 e. The van der Waals surface area contributed by atoms with Crippen molar-refractivity contribution in [3.05, 3.63) is 77.1 Å². The van der Waals surface area contributed by atoms with E-state index in [4.69, 9.17) is 4.98 Å². The van der Waals surface area contributed by atoms with Crippen molar-refractivity contribution in [2.75, 3.05) is 79.4 Å². The zero-order chi connectivity index (χ0) is 44.4. The number of hydrogen-bond donors (Lipinski definition) is 3. The zero-order valence-corrected chi connectivity index (χ0v) is 36.1. The Kier molecular flexibility index (Phi) is 10.4. The number of piperazine rings is 2. The third kappa shape index (κ3) is 7.30. The van der Waals surface area contributed by atoms with Gasteiger partial charge in [0, 0.05) is 112 Å². The molecule has 5 aromatic rings. The molecule has 330 valence electrons. The van der Waals surface area contributed by atoms with E-state index in [2.05, 4.69) is 75.9 Å². The molecule has 1 unspecified atom stereocenters. The van der Waals surface area contributed by atoms with Gasteiger partial charge in [0.25, 0.3) is 17.7 Å². The molecule has 5 amide bonds. The van der Waals surface area contributed by atoms with Crippen molar-refractivity contribution in [3.63, 3.8) is 0 Å². The van der Waals surface area contributed by atoms with Crippen LogP contribution >= 0.6 is 0 Å². The Morgan fingerprint density at radius 3 is 2.45 bits per heavy atom. The number of nitrogens with one attached hydrogen (secondary N) is 3. The second-order valence-electron chi connectivity index (χ2n) is 17.3. The highest BCUT2D eigenvalue weighted by atomic mass is 16.2. The van der Waals surface area contributed by atoms with Crippen molar-refractivity contribution >= 4 is 63.6 Å². The first-order valence-corrected chi connectivity index (χ1v) is 21.7. The van der Waals surface area contributed by atoms with Gasteiger partial charge in [0.05, 0.1) is 28.8 Å². The third-order valence-electron chi connectivity index (χ3n) is 13.4. The van der Waals surface area contributed by atoms with Crippen LogP contribution in [0.2, 0.25) is 0 Å². The Morgan fingerprint density at radius 2 is 1.67 bits per heavy atom. The topological polar surface area (TPSA) is 214 Å². The predicted octanol–water partition coefficient (Wildman–Crippen LogP) is 2.10. The fourth-order valence-electron chi connectivity index (χ4n) is 9.78. The van der Waals surface area contributed by atoms with E-state index in [1.54, 1.807) is 16.8 Å². The standard InChI is InChI=1S/C44H49N15O5/c1-25-22-56(37-19-28(11-12-45-37)39-33-20-29(5-8-35(33)48-49-39)46-40(61)34-24-58-44(50-51-52-58)53(4)27(34)3)23-26(2)57(25)18-15-54-13-16-55(17-14-54)30-6-7-31-32(21-30)43(64)59(42(31)63)36-9-10-38(60)47-41(36)62/h5-8,11-12,19-21,25-26,36H,9-10,13-18,22-24H2,1-4H3,(H,46,61)(H,48,49)(H,47,60,62)/t25-,26+,36?. The van der Waals surface area contributed by atoms with Gasteiger partial charge in [0.1, 0.15) is 17.6 Å². The minimum absolute atomic E-state index is 0.0862. The van der Waals surface area contributed by atoms with Gasteiger partial charge in [-0.05, 0) is 86.1 Å². The molecule has 0 saturated carbocycles. The van der Waals surface area contributed by atoms with E-state index in [-0.39, 0.29) is 42.9 Å². The molecule has 2 aromatic carbocycles. The maximum atomic E-state index is 13.5. The van der Waals surface area contributed by atoms with E-state index < -0.39 is 29.7 Å². The largest absolute Gasteiger partial charge is 0.369 e. The molecule has 10 rings (SSSR count). The highest BCUT2D eigenvalue weighted by Gasteiger charge is 2.45. The van der Waals surface area contributed by atoms with E-state index >= 15 is 0 Å². The lowest BCUT2D eigenvalue weighted by atomic mass is 10.0. The number of rotatable bonds is 9. The fourth-order valence-corrected chi connectivity index (χ4v) is 9.78. The molecule has 5 aliphatic rings. The number of benzene rings is 2. The molecule has 0 spiro atoms. The van der Waals surface area contributed by atoms with Crippen LogP contribution in [-0.4, -0.2) is 157 Å². The van der Waals surface area contributed by atoms with Crippen molar-refractivity contribution in [2.24, 2.45) is 0 Å². The molecule has 3 aromatic heterocycles. The summed E-state index contributed by atoms with van der Waals surface area (Å²) in [5.41, 5.74) is 6.03. The lowest BCUT2D eigenvalue weighted by Gasteiger charge is -2.46. The lowest BCUT2D eigenvalue weighted by molar-refractivity contribution is -0.136. The van der Waals surface area contributed by atoms with E-state index in [9.17, 15) is 24.0 Å². The number of anilines is 4. The molecule has 3 fully saturated rings. The minimum atomic E-state index is -0.982. The van der Waals surface area contributed by atoms with Gasteiger partial charge in [-0.3, -0.25) is 49.1 Å². The maximum absolute atomic E-state index is 13.5. The molecule has 3 atom stereocenters. The number of allylic oxidation sites excluding steroid dienone is 1. The van der Waals surface area contributed by atoms with Crippen LogP contribution in [0.5, 0.6) is 0 Å². The first-order valence-electron chi connectivity index (χ1n) is 21.7. The first-order chi connectivity index (χ1) is 30.9. The van der Waals surface area contributed by atoms with Gasteiger partial charge in [0.2, 0.25) is 17.8 Å². The highest BCUT2D eigenvalue weighted by molar-refractivity contribution is 6.23. The van der Waals surface area contributed by atoms with Crippen LogP contribution in [-0.2, 0) is 20.9 Å². The van der Waals surface area contributed by atoms with Crippen molar-refractivity contribution in [2.45, 2.75) is 58.3 Å². The summed E-state index contributed by atoms with van der Waals surface area (Å²) in [7, 11) is 1.84. The van der Waals surface area contributed by atoms with Crippen LogP contribution in [0.4, 0.5) is 23.1 Å². The Balaban J connectivity index is 0.740. The summed E-state index contributed by atoms with van der Waals surface area (Å²) < 4.78 is 1.60. The van der Waals surface area contributed by atoms with Gasteiger partial charge in [-0.1, -0.05) is 5.10 Å². The van der Waals surface area contributed by atoms with Crippen LogP contribution in [0.3, 0.4) is 0 Å². The Morgan fingerprint density at radius 1 is 0.891 bits per heavy atom. The van der Waals surface area contributed by atoms with Gasteiger partial charge in [0.15, 0.2) is 0 Å². The van der Waals surface area contributed by atoms with Crippen LogP contribution in [0.25, 0.3) is 22.2 Å². The highest BCUT2D eigenvalue weighted by Crippen LogP contribution is 2.34. The van der Waals surface area contributed by atoms with E-state index in [1.807, 2.05) is 55.4 Å². The molecule has 20 nitrogen and oxygen atoms in total. The molecule has 0 aliphatic carbocycles. The second kappa shape index (κ2) is 16.2. The Hall–Kier alpha value is -7.06. The number of carbonyl (C=O) groups excluding carboxylic acids is 5. The Labute approximate surface area is 368 Å². The zero-order valence-electron chi connectivity index (χ0n) is 36.1. The maximum Gasteiger partial charge on any atom is 0.262 e. The summed E-state index contributed by atoms with van der Waals surface area (Å²) in [5, 5.41) is 25.9. The van der Waals surface area contributed by atoms with E-state index in [0.717, 1.165) is 96.6 Å². The molecule has 3 saturated heterocycles. The van der Waals surface area contributed by atoms with Gasteiger partial charge >= 0.3 is 0 Å². The molecule has 64 heavy (non-hydrogen) atoms. The van der Waals surface area contributed by atoms with Crippen molar-refractivity contribution in [3.8, 4) is 11.3 Å². The first kappa shape index (κ1) is 41.0. The molecule has 0 bridgehead atoms. The van der Waals surface area contributed by atoms with Crippen molar-refractivity contribution in [1.29, 1.82) is 0 Å². The number of piperidine rings is 1. The SMILES string of the molecule is CC1=C(C(=O)Nc2ccc3[nH]nc(-c4ccnc(N5C[C@@H](C)N(CCN6CCN(c7ccc8c(c7)C(=O)N(C7CCC(=O)NC7=O)C8=O)CC6)[C@@H](C)C5)c4)c3c2)Cn2nnnc2N1C. The number of H-pyrrole nitrogens is 1. The predicted molar refractivity (Wildman–Crippen MR) is 236 cm³/mol. The normalized spacial score (nSPS) is 22.1. The van der Waals surface area contributed by atoms with Gasteiger partial charge in [-0.25, -0.2) is 9.67 Å². The molecular formula is C44H49N15O5. The van der Waals surface area contributed by atoms with Gasteiger partial charge in [-0.15, -0.1) is 0 Å². The number of hydrogen-bond acceptors (Lipinski definition) is 15. The number of nitrogens with zero attached hydrogens (tertiary/aromatic N) is 12. The number of pyridine rings is 1. The summed E-state index contributed by atoms with van der Waals surface area (Å²) in [6, 6.07) is 14.7. The number of carbonyl (C=O) groups is 5. The van der Waals surface area contributed by atoms with Crippen molar-refractivity contribution < 1.29 is 24.0 Å². The number of fused-ring (bicyclic) bond motifs is 3. The second-order valence-corrected chi connectivity index (χ2v) is 17.3. The van der Waals surface area contributed by atoms with Crippen molar-refractivity contribution in [1.82, 2.24) is 55.4 Å². The summed E-state index contributed by atoms with van der Waals surface area (Å²) in [6.45, 7) is 13.5. The molecule has 3 N–H and O–H groups in total. The van der Waals surface area contributed by atoms with E-state index in [0.29, 0.717) is 22.8 Å². The summed E-state index contributed by atoms with van der Waals surface area (Å²) in [4.78, 5) is 81.5. The summed E-state index contributed by atoms with van der Waals surface area (Å²) >= 11 is 0. The van der Waals surface area contributed by atoms with Gasteiger partial charge in [-0.2, -0.15) is 5.10 Å². The summed E-state index contributed by atoms with van der Waals surface area (Å²) in [6.07, 6.45) is 2.05. The molecule has 8 heterocycles. The molecule has 5 aliphatic heterocycles. The smallest absolute Gasteiger partial charge is 0.262 e.